The number of nitrogens with one attached hydrogen (secondary N) is 2. The minimum atomic E-state index is -0.518. The lowest BCUT2D eigenvalue weighted by Gasteiger charge is -2.39. The van der Waals surface area contributed by atoms with E-state index in [1.807, 2.05) is 11.8 Å². The topological polar surface area (TPSA) is 36.4 Å². The summed E-state index contributed by atoms with van der Waals surface area (Å²) in [5.74, 6) is 0. The summed E-state index contributed by atoms with van der Waals surface area (Å²) in [5, 5.41) is 7.67. The van der Waals surface area contributed by atoms with E-state index in [-0.39, 0.29) is 6.17 Å². The van der Waals surface area contributed by atoms with Crippen molar-refractivity contribution in [1.29, 1.82) is 0 Å². The monoisotopic (exact) mass is 709 g/mol. The van der Waals surface area contributed by atoms with E-state index in [0.717, 1.165) is 29.1 Å². The summed E-state index contributed by atoms with van der Waals surface area (Å²) >= 11 is 1.88. The van der Waals surface area contributed by atoms with Crippen LogP contribution in [0.4, 0.5) is 5.69 Å². The van der Waals surface area contributed by atoms with E-state index in [4.69, 9.17) is 4.99 Å². The van der Waals surface area contributed by atoms with Crippen molar-refractivity contribution < 1.29 is 0 Å². The van der Waals surface area contributed by atoms with Gasteiger partial charge < -0.3 is 10.6 Å². The Labute approximate surface area is 319 Å². The van der Waals surface area contributed by atoms with Gasteiger partial charge in [0.05, 0.1) is 11.1 Å². The van der Waals surface area contributed by atoms with Crippen LogP contribution in [-0.2, 0) is 5.41 Å². The lowest BCUT2D eigenvalue weighted by Crippen LogP contribution is -2.32. The molecular weight excluding hydrogens is 675 g/mol. The van der Waals surface area contributed by atoms with Crippen molar-refractivity contribution in [2.24, 2.45) is 4.99 Å². The second kappa shape index (κ2) is 12.4. The van der Waals surface area contributed by atoms with Crippen LogP contribution >= 0.6 is 11.8 Å². The summed E-state index contributed by atoms with van der Waals surface area (Å²) in [4.78, 5) is 8.14. The van der Waals surface area contributed by atoms with Gasteiger partial charge in [-0.3, -0.25) is 4.99 Å². The number of para-hydroxylation sites is 1. The molecule has 11 rings (SSSR count). The second-order valence-electron chi connectivity index (χ2n) is 14.2. The quantitative estimate of drug-likeness (QED) is 0.191. The number of hydrogen-bond acceptors (Lipinski definition) is 4. The molecule has 0 saturated heterocycles. The Bertz CT molecular complexity index is 2680. The minimum absolute atomic E-state index is 0.333. The standard InChI is InChI=1S/C50H35N3S/c1-3-15-32(16-4-1)42-31-43(33-17-5-2-6-18-33)53-49(52-42)37-23-13-27-41-47(37)46-35(36-22-11-19-34-20-14-30-51-48(34)36)21-12-26-40(46)50(41)38-24-7-9-28-44(38)54-45-29-10-8-25-39(45)50/h1-29,31,49,51-52H,30H2. The Kier molecular flexibility index (Phi) is 7.14. The lowest BCUT2D eigenvalue weighted by atomic mass is 9.67. The maximum absolute atomic E-state index is 5.55. The fourth-order valence-corrected chi connectivity index (χ4v) is 10.4. The largest absolute Gasteiger partial charge is 0.381 e. The Balaban J connectivity index is 1.24. The first-order valence-corrected chi connectivity index (χ1v) is 19.5. The lowest BCUT2D eigenvalue weighted by molar-refractivity contribution is 0.662. The van der Waals surface area contributed by atoms with Crippen LogP contribution in [0.5, 0.6) is 0 Å². The summed E-state index contributed by atoms with van der Waals surface area (Å²) in [6.45, 7) is 0.806. The van der Waals surface area contributed by atoms with Crippen LogP contribution in [0.3, 0.4) is 0 Å². The van der Waals surface area contributed by atoms with Gasteiger partial charge in [-0.15, -0.1) is 0 Å². The number of hydrogen-bond donors (Lipinski definition) is 2. The molecule has 0 bridgehead atoms. The first kappa shape index (κ1) is 31.2. The molecule has 0 radical (unpaired) electrons. The zero-order chi connectivity index (χ0) is 35.6. The van der Waals surface area contributed by atoms with Crippen molar-refractivity contribution >= 4 is 34.9 Å². The molecule has 1 spiro atoms. The number of rotatable bonds is 4. The van der Waals surface area contributed by atoms with E-state index in [1.165, 1.54) is 71.1 Å². The molecule has 1 aliphatic carbocycles. The average molecular weight is 710 g/mol. The Morgan fingerprint density at radius 3 is 1.93 bits per heavy atom. The molecule has 3 heterocycles. The second-order valence-corrected chi connectivity index (χ2v) is 15.3. The Morgan fingerprint density at radius 2 is 1.17 bits per heavy atom. The Morgan fingerprint density at radius 1 is 0.556 bits per heavy atom. The van der Waals surface area contributed by atoms with Crippen LogP contribution < -0.4 is 10.6 Å². The van der Waals surface area contributed by atoms with Gasteiger partial charge in [-0.25, -0.2) is 0 Å². The van der Waals surface area contributed by atoms with Gasteiger partial charge in [0.25, 0.3) is 0 Å². The summed E-state index contributed by atoms with van der Waals surface area (Å²) in [7, 11) is 0. The van der Waals surface area contributed by atoms with Gasteiger partial charge in [0.15, 0.2) is 0 Å². The maximum atomic E-state index is 5.55. The summed E-state index contributed by atoms with van der Waals surface area (Å²) in [6.07, 6.45) is 6.31. The van der Waals surface area contributed by atoms with Crippen LogP contribution in [0, 0.1) is 0 Å². The molecular formula is C50H35N3S. The number of anilines is 1. The van der Waals surface area contributed by atoms with Crippen molar-refractivity contribution in [1.82, 2.24) is 5.32 Å². The van der Waals surface area contributed by atoms with E-state index >= 15 is 0 Å². The van der Waals surface area contributed by atoms with Crippen LogP contribution in [0.25, 0.3) is 34.0 Å². The molecule has 1 unspecified atom stereocenters. The van der Waals surface area contributed by atoms with Crippen LogP contribution in [0.1, 0.15) is 50.7 Å². The van der Waals surface area contributed by atoms with Gasteiger partial charge in [0, 0.05) is 38.8 Å². The van der Waals surface area contributed by atoms with Gasteiger partial charge in [0.2, 0.25) is 0 Å². The third-order valence-corrected chi connectivity index (χ3v) is 12.5. The molecule has 0 aromatic heterocycles. The molecule has 7 aromatic rings. The summed E-state index contributed by atoms with van der Waals surface area (Å²) in [5.41, 5.74) is 17.6. The van der Waals surface area contributed by atoms with Crippen LogP contribution in [-0.4, -0.2) is 12.3 Å². The molecule has 4 heteroatoms. The maximum Gasteiger partial charge on any atom is 0.146 e. The van der Waals surface area contributed by atoms with Gasteiger partial charge >= 0.3 is 0 Å². The molecule has 54 heavy (non-hydrogen) atoms. The SMILES string of the molecule is C1=Cc2cccc(-c3cccc4c3-c3c(C5N=C(c6ccccc6)C=C(c6ccccc6)N5)cccc3C43c4ccccc4Sc4ccccc43)c2NC1. The molecule has 0 amide bonds. The predicted molar refractivity (Wildman–Crippen MR) is 224 cm³/mol. The van der Waals surface area contributed by atoms with Crippen molar-refractivity contribution in [2.45, 2.75) is 21.4 Å². The van der Waals surface area contributed by atoms with Crippen LogP contribution in [0.2, 0.25) is 0 Å². The third kappa shape index (κ3) is 4.60. The molecule has 256 valence electrons. The van der Waals surface area contributed by atoms with E-state index in [9.17, 15) is 0 Å². The van der Waals surface area contributed by atoms with Crippen molar-refractivity contribution in [3.63, 3.8) is 0 Å². The molecule has 7 aromatic carbocycles. The average Bonchev–Trinajstić information content (AvgIpc) is 3.55. The zero-order valence-electron chi connectivity index (χ0n) is 29.5. The summed E-state index contributed by atoms with van der Waals surface area (Å²) < 4.78 is 0. The molecule has 0 fully saturated rings. The number of aliphatic imine (C=N–C) groups is 1. The molecule has 3 aliphatic heterocycles. The van der Waals surface area contributed by atoms with E-state index < -0.39 is 5.41 Å². The number of benzene rings is 7. The molecule has 0 saturated carbocycles. The number of fused-ring (bicyclic) bond motifs is 10. The molecule has 4 aliphatic rings. The van der Waals surface area contributed by atoms with Gasteiger partial charge in [-0.05, 0) is 73.8 Å². The zero-order valence-corrected chi connectivity index (χ0v) is 30.3. The predicted octanol–water partition coefficient (Wildman–Crippen LogP) is 11.8. The molecule has 2 N–H and O–H groups in total. The van der Waals surface area contributed by atoms with E-state index in [0.29, 0.717) is 0 Å². The van der Waals surface area contributed by atoms with Gasteiger partial charge in [0.1, 0.15) is 6.17 Å². The first-order chi connectivity index (χ1) is 26.8. The number of allylic oxidation sites excluding steroid dienone is 1. The third-order valence-electron chi connectivity index (χ3n) is 11.4. The van der Waals surface area contributed by atoms with Gasteiger partial charge in [-0.1, -0.05) is 176 Å². The smallest absolute Gasteiger partial charge is 0.146 e. The highest BCUT2D eigenvalue weighted by Gasteiger charge is 2.52. The summed E-state index contributed by atoms with van der Waals surface area (Å²) in [6, 6.07) is 59.9. The van der Waals surface area contributed by atoms with Crippen molar-refractivity contribution in [3.05, 3.63) is 220 Å². The fraction of sp³-hybridized carbons (Fsp3) is 0.0600. The van der Waals surface area contributed by atoms with Crippen molar-refractivity contribution in [2.75, 3.05) is 11.9 Å². The minimum Gasteiger partial charge on any atom is -0.381 e. The number of nitrogens with zero attached hydrogens (tertiary/aromatic N) is 1. The van der Waals surface area contributed by atoms with Gasteiger partial charge in [-0.2, -0.15) is 0 Å². The molecule has 3 nitrogen and oxygen atoms in total. The highest BCUT2D eigenvalue weighted by molar-refractivity contribution is 7.99. The highest BCUT2D eigenvalue weighted by Crippen LogP contribution is 2.64. The van der Waals surface area contributed by atoms with E-state index in [2.05, 4.69) is 193 Å². The first-order valence-electron chi connectivity index (χ1n) is 18.6. The molecule has 1 atom stereocenters. The normalized spacial score (nSPS) is 16.8. The van der Waals surface area contributed by atoms with Crippen molar-refractivity contribution in [3.8, 4) is 22.3 Å². The fourth-order valence-electron chi connectivity index (χ4n) is 9.18. The Hall–Kier alpha value is -6.36. The highest BCUT2D eigenvalue weighted by atomic mass is 32.2. The van der Waals surface area contributed by atoms with Crippen LogP contribution in [0.15, 0.2) is 191 Å². The van der Waals surface area contributed by atoms with E-state index in [1.54, 1.807) is 0 Å².